The van der Waals surface area contributed by atoms with Gasteiger partial charge in [0.15, 0.2) is 0 Å². The summed E-state index contributed by atoms with van der Waals surface area (Å²) >= 11 is 0. The summed E-state index contributed by atoms with van der Waals surface area (Å²) in [4.78, 5) is 0.452. The molecule has 0 spiro atoms. The van der Waals surface area contributed by atoms with Gasteiger partial charge in [-0.15, -0.1) is 0 Å². The summed E-state index contributed by atoms with van der Waals surface area (Å²) in [6.45, 7) is 0.336. The van der Waals surface area contributed by atoms with Crippen molar-refractivity contribution < 1.29 is 13.5 Å². The molecule has 21 heavy (non-hydrogen) atoms. The Kier molecular flexibility index (Phi) is 4.15. The minimum Gasteiger partial charge on any atom is -0.393 e. The number of aliphatic hydroxyl groups excluding tert-OH is 1. The van der Waals surface area contributed by atoms with Crippen LogP contribution in [0.15, 0.2) is 29.2 Å². The normalized spacial score (nSPS) is 25.5. The summed E-state index contributed by atoms with van der Waals surface area (Å²) in [5.74, 6) is 0.0521. The standard InChI is InChI=1S/C16H21NO3S/c18-16-7-3-6-14(16)11-17-21(19,20)15-9-8-12-4-1-2-5-13(12)10-15/h1-2,4-5,10,14,16-18H,3,6-9,11H2. The molecule has 1 aromatic carbocycles. The maximum absolute atomic E-state index is 12.4. The number of allylic oxidation sites excluding steroid dienone is 1. The van der Waals surface area contributed by atoms with Crippen molar-refractivity contribution >= 4 is 16.1 Å². The average Bonchev–Trinajstić information content (AvgIpc) is 2.90. The molecule has 1 aromatic rings. The van der Waals surface area contributed by atoms with Crippen molar-refractivity contribution in [2.45, 2.75) is 38.2 Å². The van der Waals surface area contributed by atoms with Crippen LogP contribution in [-0.4, -0.2) is 26.2 Å². The van der Waals surface area contributed by atoms with Gasteiger partial charge in [0.2, 0.25) is 10.0 Å². The van der Waals surface area contributed by atoms with Gasteiger partial charge in [-0.1, -0.05) is 30.7 Å². The Labute approximate surface area is 125 Å². The molecule has 0 heterocycles. The van der Waals surface area contributed by atoms with Crippen molar-refractivity contribution in [3.63, 3.8) is 0 Å². The number of hydrogen-bond acceptors (Lipinski definition) is 3. The lowest BCUT2D eigenvalue weighted by atomic mass is 9.98. The molecule has 2 aliphatic rings. The van der Waals surface area contributed by atoms with E-state index in [0.717, 1.165) is 31.2 Å². The molecule has 0 radical (unpaired) electrons. The van der Waals surface area contributed by atoms with E-state index in [9.17, 15) is 13.5 Å². The monoisotopic (exact) mass is 307 g/mol. The summed E-state index contributed by atoms with van der Waals surface area (Å²) in [5.41, 5.74) is 2.19. The van der Waals surface area contributed by atoms with E-state index < -0.39 is 10.0 Å². The van der Waals surface area contributed by atoms with Crippen LogP contribution >= 0.6 is 0 Å². The van der Waals surface area contributed by atoms with Crippen LogP contribution in [0, 0.1) is 5.92 Å². The minimum atomic E-state index is -3.44. The van der Waals surface area contributed by atoms with Crippen LogP contribution in [0.2, 0.25) is 0 Å². The van der Waals surface area contributed by atoms with Gasteiger partial charge in [0.05, 0.1) is 11.0 Å². The van der Waals surface area contributed by atoms with E-state index in [1.54, 1.807) is 6.08 Å². The van der Waals surface area contributed by atoms with E-state index in [-0.39, 0.29) is 12.0 Å². The first-order chi connectivity index (χ1) is 10.1. The number of aliphatic hydroxyl groups is 1. The molecule has 4 nitrogen and oxygen atoms in total. The van der Waals surface area contributed by atoms with E-state index in [1.807, 2.05) is 24.3 Å². The van der Waals surface area contributed by atoms with Gasteiger partial charge >= 0.3 is 0 Å². The summed E-state index contributed by atoms with van der Waals surface area (Å²) in [6.07, 6.45) is 5.35. The zero-order valence-electron chi connectivity index (χ0n) is 12.0. The number of hydrogen-bond donors (Lipinski definition) is 2. The number of aryl methyl sites for hydroxylation is 1. The Hall–Kier alpha value is -1.17. The molecule has 1 saturated carbocycles. The Morgan fingerprint density at radius 2 is 2.00 bits per heavy atom. The van der Waals surface area contributed by atoms with E-state index >= 15 is 0 Å². The van der Waals surface area contributed by atoms with Gasteiger partial charge in [-0.05, 0) is 48.8 Å². The summed E-state index contributed by atoms with van der Waals surface area (Å²) in [5, 5.41) is 9.78. The molecular formula is C16H21NO3S. The Morgan fingerprint density at radius 1 is 1.19 bits per heavy atom. The third-order valence-electron chi connectivity index (χ3n) is 4.51. The van der Waals surface area contributed by atoms with Gasteiger partial charge in [-0.2, -0.15) is 0 Å². The molecule has 3 rings (SSSR count). The molecule has 0 bridgehead atoms. The highest BCUT2D eigenvalue weighted by Crippen LogP contribution is 2.28. The molecule has 0 aromatic heterocycles. The molecule has 2 atom stereocenters. The quantitative estimate of drug-likeness (QED) is 0.895. The van der Waals surface area contributed by atoms with Crippen LogP contribution in [0.4, 0.5) is 0 Å². The fraction of sp³-hybridized carbons (Fsp3) is 0.500. The van der Waals surface area contributed by atoms with Gasteiger partial charge in [0, 0.05) is 6.54 Å². The maximum Gasteiger partial charge on any atom is 0.236 e. The zero-order chi connectivity index (χ0) is 14.9. The van der Waals surface area contributed by atoms with E-state index in [2.05, 4.69) is 4.72 Å². The smallest absolute Gasteiger partial charge is 0.236 e. The minimum absolute atomic E-state index is 0.0521. The predicted molar refractivity (Wildman–Crippen MR) is 83.0 cm³/mol. The van der Waals surface area contributed by atoms with E-state index in [0.29, 0.717) is 17.9 Å². The Balaban J connectivity index is 1.72. The van der Waals surface area contributed by atoms with Gasteiger partial charge in [-0.25, -0.2) is 13.1 Å². The molecule has 0 saturated heterocycles. The number of nitrogens with one attached hydrogen (secondary N) is 1. The van der Waals surface area contributed by atoms with Gasteiger partial charge < -0.3 is 5.11 Å². The van der Waals surface area contributed by atoms with Gasteiger partial charge in [0.25, 0.3) is 0 Å². The number of sulfonamides is 1. The largest absolute Gasteiger partial charge is 0.393 e. The predicted octanol–water partition coefficient (Wildman–Crippen LogP) is 2.05. The highest BCUT2D eigenvalue weighted by atomic mass is 32.2. The molecule has 2 unspecified atom stereocenters. The van der Waals surface area contributed by atoms with Crippen LogP contribution < -0.4 is 4.72 Å². The van der Waals surface area contributed by atoms with Crippen molar-refractivity contribution in [1.82, 2.24) is 4.72 Å². The highest BCUT2D eigenvalue weighted by molar-refractivity contribution is 7.93. The number of benzene rings is 1. The van der Waals surface area contributed by atoms with Crippen molar-refractivity contribution in [3.8, 4) is 0 Å². The molecule has 0 aliphatic heterocycles. The molecule has 2 N–H and O–H groups in total. The fourth-order valence-electron chi connectivity index (χ4n) is 3.18. The van der Waals surface area contributed by atoms with Gasteiger partial charge in [-0.3, -0.25) is 0 Å². The third-order valence-corrected chi connectivity index (χ3v) is 6.07. The zero-order valence-corrected chi connectivity index (χ0v) is 12.8. The molecule has 114 valence electrons. The second kappa shape index (κ2) is 5.91. The van der Waals surface area contributed by atoms with Crippen LogP contribution in [0.3, 0.4) is 0 Å². The van der Waals surface area contributed by atoms with Crippen molar-refractivity contribution in [3.05, 3.63) is 40.3 Å². The lowest BCUT2D eigenvalue weighted by Crippen LogP contribution is -2.33. The van der Waals surface area contributed by atoms with Crippen LogP contribution in [0.1, 0.15) is 36.8 Å². The van der Waals surface area contributed by atoms with Crippen molar-refractivity contribution in [1.29, 1.82) is 0 Å². The van der Waals surface area contributed by atoms with Crippen LogP contribution in [0.25, 0.3) is 6.08 Å². The SMILES string of the molecule is O=S(=O)(NCC1CCCC1O)C1=Cc2ccccc2CC1. The Morgan fingerprint density at radius 3 is 2.76 bits per heavy atom. The first-order valence-electron chi connectivity index (χ1n) is 7.52. The van der Waals surface area contributed by atoms with E-state index in [1.165, 1.54) is 5.56 Å². The van der Waals surface area contributed by atoms with E-state index in [4.69, 9.17) is 0 Å². The van der Waals surface area contributed by atoms with Crippen LogP contribution in [0.5, 0.6) is 0 Å². The third kappa shape index (κ3) is 3.20. The average molecular weight is 307 g/mol. The molecule has 5 heteroatoms. The first-order valence-corrected chi connectivity index (χ1v) is 9.01. The first kappa shape index (κ1) is 14.8. The number of rotatable bonds is 4. The fourth-order valence-corrected chi connectivity index (χ4v) is 4.45. The molecule has 1 fully saturated rings. The lowest BCUT2D eigenvalue weighted by molar-refractivity contribution is 0.134. The van der Waals surface area contributed by atoms with Crippen molar-refractivity contribution in [2.24, 2.45) is 5.92 Å². The second-order valence-electron chi connectivity index (χ2n) is 5.92. The molecule has 0 amide bonds. The molecular weight excluding hydrogens is 286 g/mol. The summed E-state index contributed by atoms with van der Waals surface area (Å²) in [6, 6.07) is 7.89. The Bertz CT molecular complexity index is 651. The van der Waals surface area contributed by atoms with Gasteiger partial charge in [0.1, 0.15) is 0 Å². The van der Waals surface area contributed by atoms with Crippen LogP contribution in [-0.2, 0) is 16.4 Å². The highest BCUT2D eigenvalue weighted by Gasteiger charge is 2.28. The lowest BCUT2D eigenvalue weighted by Gasteiger charge is -2.19. The van der Waals surface area contributed by atoms with Crippen molar-refractivity contribution in [2.75, 3.05) is 6.54 Å². The molecule has 2 aliphatic carbocycles. The second-order valence-corrected chi connectivity index (χ2v) is 7.74. The topological polar surface area (TPSA) is 66.4 Å². The summed E-state index contributed by atoms with van der Waals surface area (Å²) in [7, 11) is -3.44. The maximum atomic E-state index is 12.4. The summed E-state index contributed by atoms with van der Waals surface area (Å²) < 4.78 is 27.5. The number of fused-ring (bicyclic) bond motifs is 1.